The second-order valence-electron chi connectivity index (χ2n) is 1.96. The molecule has 0 saturated carbocycles. The molecule has 0 spiro atoms. The van der Waals surface area contributed by atoms with E-state index >= 15 is 0 Å². The van der Waals surface area contributed by atoms with E-state index in [1.165, 1.54) is 14.2 Å². The normalized spacial score (nSPS) is 10.3. The van der Waals surface area contributed by atoms with E-state index in [0.717, 1.165) is 0 Å². The second-order valence-corrected chi connectivity index (χ2v) is 1.96. The van der Waals surface area contributed by atoms with Crippen molar-refractivity contribution in [1.82, 2.24) is 0 Å². The van der Waals surface area contributed by atoms with Crippen molar-refractivity contribution in [2.24, 2.45) is 10.9 Å². The molecule has 0 radical (unpaired) electrons. The van der Waals surface area contributed by atoms with Crippen molar-refractivity contribution < 1.29 is 23.9 Å². The molecule has 0 saturated heterocycles. The van der Waals surface area contributed by atoms with Gasteiger partial charge >= 0.3 is 17.8 Å². The van der Waals surface area contributed by atoms with Crippen LogP contribution in [0.5, 0.6) is 0 Å². The standard InChI is InChI=1S/C7H10N2O5/c1-4(12-2)7(11)14-6(5(8)10)9-13-3/h1H2,2-3H3,(H2,8,10). The minimum atomic E-state index is -1.04. The Bertz CT molecular complexity index is 284. The number of methoxy groups -OCH3 is 1. The second kappa shape index (κ2) is 5.57. The van der Waals surface area contributed by atoms with Crippen LogP contribution in [0.3, 0.4) is 0 Å². The van der Waals surface area contributed by atoms with Crippen LogP contribution in [0.2, 0.25) is 0 Å². The smallest absolute Gasteiger partial charge is 0.379 e. The summed E-state index contributed by atoms with van der Waals surface area (Å²) in [5.41, 5.74) is 4.82. The fourth-order valence-electron chi connectivity index (χ4n) is 0.425. The molecular formula is C7H10N2O5. The molecule has 1 amide bonds. The molecule has 0 aromatic heterocycles. The van der Waals surface area contributed by atoms with E-state index in [4.69, 9.17) is 5.73 Å². The lowest BCUT2D eigenvalue weighted by atomic mass is 10.5. The van der Waals surface area contributed by atoms with Gasteiger partial charge in [-0.25, -0.2) is 4.79 Å². The number of esters is 1. The van der Waals surface area contributed by atoms with E-state index in [2.05, 4.69) is 26.0 Å². The monoisotopic (exact) mass is 202 g/mol. The summed E-state index contributed by atoms with van der Waals surface area (Å²) in [7, 11) is 2.39. The molecule has 0 aromatic rings. The van der Waals surface area contributed by atoms with Crippen LogP contribution < -0.4 is 5.73 Å². The lowest BCUT2D eigenvalue weighted by Gasteiger charge is -2.04. The first kappa shape index (κ1) is 11.9. The molecule has 7 nitrogen and oxygen atoms in total. The maximum absolute atomic E-state index is 11.0. The summed E-state index contributed by atoms with van der Waals surface area (Å²) in [6.45, 7) is 3.20. The predicted octanol–water partition coefficient (Wildman–Crippen LogP) is -0.865. The highest BCUT2D eigenvalue weighted by atomic mass is 16.7. The van der Waals surface area contributed by atoms with Gasteiger partial charge in [0, 0.05) is 0 Å². The third-order valence-electron chi connectivity index (χ3n) is 1.05. The van der Waals surface area contributed by atoms with Crippen molar-refractivity contribution in [3.05, 3.63) is 12.3 Å². The van der Waals surface area contributed by atoms with E-state index in [9.17, 15) is 9.59 Å². The topological polar surface area (TPSA) is 100 Å². The zero-order chi connectivity index (χ0) is 11.1. The Morgan fingerprint density at radius 1 is 1.36 bits per heavy atom. The lowest BCUT2D eigenvalue weighted by molar-refractivity contribution is -0.136. The molecule has 0 rings (SSSR count). The Morgan fingerprint density at radius 3 is 2.29 bits per heavy atom. The van der Waals surface area contributed by atoms with E-state index in [1.807, 2.05) is 0 Å². The Labute approximate surface area is 80.1 Å². The van der Waals surface area contributed by atoms with Crippen molar-refractivity contribution >= 4 is 17.8 Å². The van der Waals surface area contributed by atoms with Gasteiger partial charge in [-0.05, 0) is 11.7 Å². The Kier molecular flexibility index (Phi) is 4.76. The van der Waals surface area contributed by atoms with Gasteiger partial charge in [-0.3, -0.25) is 4.79 Å². The first-order chi connectivity index (χ1) is 6.52. The summed E-state index contributed by atoms with van der Waals surface area (Å²) in [4.78, 5) is 25.8. The van der Waals surface area contributed by atoms with Gasteiger partial charge in [0.2, 0.25) is 0 Å². The van der Waals surface area contributed by atoms with Crippen LogP contribution in [0.25, 0.3) is 0 Å². The lowest BCUT2D eigenvalue weighted by Crippen LogP contribution is -2.29. The van der Waals surface area contributed by atoms with E-state index in [0.29, 0.717) is 0 Å². The quantitative estimate of drug-likeness (QED) is 0.160. The molecule has 0 unspecified atom stereocenters. The van der Waals surface area contributed by atoms with E-state index in [-0.39, 0.29) is 5.76 Å². The Hall–Kier alpha value is -2.05. The number of amides is 1. The summed E-state index contributed by atoms with van der Waals surface area (Å²) in [5.74, 6) is -2.96. The molecule has 0 aliphatic carbocycles. The fraction of sp³-hybridized carbons (Fsp3) is 0.286. The van der Waals surface area contributed by atoms with Crippen LogP contribution >= 0.6 is 0 Å². The van der Waals surface area contributed by atoms with Crippen molar-refractivity contribution in [2.75, 3.05) is 14.2 Å². The highest BCUT2D eigenvalue weighted by Gasteiger charge is 2.17. The summed E-state index contributed by atoms with van der Waals surface area (Å²) in [6.07, 6.45) is 0. The molecule has 0 aliphatic heterocycles. The summed E-state index contributed by atoms with van der Waals surface area (Å²) < 4.78 is 8.85. The SMILES string of the molecule is C=C(OC)C(=O)OC(=NOC)C(N)=O. The van der Waals surface area contributed by atoms with Crippen LogP contribution in [-0.4, -0.2) is 32.0 Å². The third kappa shape index (κ3) is 3.57. The van der Waals surface area contributed by atoms with Gasteiger partial charge in [0.1, 0.15) is 7.11 Å². The number of rotatable bonds is 3. The third-order valence-corrected chi connectivity index (χ3v) is 1.05. The maximum atomic E-state index is 11.0. The molecule has 0 bridgehead atoms. The zero-order valence-electron chi connectivity index (χ0n) is 7.77. The van der Waals surface area contributed by atoms with Gasteiger partial charge < -0.3 is 20.0 Å². The molecule has 7 heteroatoms. The van der Waals surface area contributed by atoms with Crippen LogP contribution in [0.1, 0.15) is 0 Å². The number of primary amides is 1. The first-order valence-corrected chi connectivity index (χ1v) is 3.39. The highest BCUT2D eigenvalue weighted by molar-refractivity contribution is 6.36. The summed E-state index contributed by atoms with van der Waals surface area (Å²) in [6, 6.07) is 0. The number of oxime groups is 1. The number of nitrogens with zero attached hydrogens (tertiary/aromatic N) is 1. The van der Waals surface area contributed by atoms with Crippen molar-refractivity contribution in [3.63, 3.8) is 0 Å². The molecule has 14 heavy (non-hydrogen) atoms. The first-order valence-electron chi connectivity index (χ1n) is 3.39. The van der Waals surface area contributed by atoms with Gasteiger partial charge in [0.05, 0.1) is 7.11 Å². The van der Waals surface area contributed by atoms with Gasteiger partial charge in [0.25, 0.3) is 0 Å². The van der Waals surface area contributed by atoms with Gasteiger partial charge in [0.15, 0.2) is 5.76 Å². The summed E-state index contributed by atoms with van der Waals surface area (Å²) in [5, 5.41) is 3.08. The molecule has 0 aliphatic rings. The van der Waals surface area contributed by atoms with Crippen LogP contribution in [0.15, 0.2) is 17.5 Å². The van der Waals surface area contributed by atoms with Crippen molar-refractivity contribution in [1.29, 1.82) is 0 Å². The average molecular weight is 202 g/mol. The molecule has 2 N–H and O–H groups in total. The zero-order valence-corrected chi connectivity index (χ0v) is 7.77. The van der Waals surface area contributed by atoms with Crippen LogP contribution in [0, 0.1) is 0 Å². The van der Waals surface area contributed by atoms with Crippen LogP contribution in [-0.2, 0) is 23.9 Å². The minimum Gasteiger partial charge on any atom is -0.490 e. The fourth-order valence-corrected chi connectivity index (χ4v) is 0.425. The van der Waals surface area contributed by atoms with E-state index < -0.39 is 17.8 Å². The number of hydrogen-bond acceptors (Lipinski definition) is 6. The number of carbonyl (C=O) groups is 2. The molecule has 0 aromatic carbocycles. The highest BCUT2D eigenvalue weighted by Crippen LogP contribution is 1.96. The Morgan fingerprint density at radius 2 is 1.93 bits per heavy atom. The Balaban J connectivity index is 4.47. The van der Waals surface area contributed by atoms with Gasteiger partial charge in [-0.1, -0.05) is 0 Å². The average Bonchev–Trinajstić information content (AvgIpc) is 2.15. The molecule has 0 atom stereocenters. The van der Waals surface area contributed by atoms with Crippen molar-refractivity contribution in [3.8, 4) is 0 Å². The summed E-state index contributed by atoms with van der Waals surface area (Å²) >= 11 is 0. The number of nitrogens with two attached hydrogens (primary N) is 1. The largest absolute Gasteiger partial charge is 0.490 e. The van der Waals surface area contributed by atoms with Gasteiger partial charge in [-0.15, -0.1) is 0 Å². The van der Waals surface area contributed by atoms with Gasteiger partial charge in [-0.2, -0.15) is 0 Å². The van der Waals surface area contributed by atoms with Crippen molar-refractivity contribution in [2.45, 2.75) is 0 Å². The molecule has 0 heterocycles. The number of hydrogen-bond donors (Lipinski definition) is 1. The predicted molar refractivity (Wildman–Crippen MR) is 45.9 cm³/mol. The molecule has 78 valence electrons. The minimum absolute atomic E-state index is 0.282. The number of carbonyl (C=O) groups excluding carboxylic acids is 2. The molecular weight excluding hydrogens is 192 g/mol. The number of ether oxygens (including phenoxy) is 2. The van der Waals surface area contributed by atoms with E-state index in [1.54, 1.807) is 0 Å². The molecule has 0 fully saturated rings. The van der Waals surface area contributed by atoms with Crippen LogP contribution in [0.4, 0.5) is 0 Å². The maximum Gasteiger partial charge on any atom is 0.379 e.